The van der Waals surface area contributed by atoms with Gasteiger partial charge in [0.2, 0.25) is 0 Å². The SMILES string of the molecule is CCc1c(-c2ccccc2-c2ccc(C)cc2C)nc2cc(C(=O)O)ccn12. The van der Waals surface area contributed by atoms with Gasteiger partial charge in [0, 0.05) is 11.8 Å². The van der Waals surface area contributed by atoms with Gasteiger partial charge in [-0.15, -0.1) is 0 Å². The second kappa shape index (κ2) is 6.97. The molecule has 2 aromatic heterocycles. The molecule has 4 aromatic rings. The number of imidazole rings is 1. The molecule has 0 atom stereocenters. The second-order valence-corrected chi connectivity index (χ2v) is 7.07. The van der Waals surface area contributed by atoms with E-state index in [2.05, 4.69) is 51.1 Å². The molecule has 0 bridgehead atoms. The van der Waals surface area contributed by atoms with Crippen molar-refractivity contribution in [1.82, 2.24) is 9.38 Å². The van der Waals surface area contributed by atoms with Crippen LogP contribution in [-0.2, 0) is 6.42 Å². The molecule has 2 aromatic carbocycles. The summed E-state index contributed by atoms with van der Waals surface area (Å²) in [7, 11) is 0. The van der Waals surface area contributed by atoms with Gasteiger partial charge in [0.1, 0.15) is 5.65 Å². The number of nitrogens with zero attached hydrogens (tertiary/aromatic N) is 2. The number of hydrogen-bond acceptors (Lipinski definition) is 2. The number of carboxylic acids is 1. The summed E-state index contributed by atoms with van der Waals surface area (Å²) in [6.45, 7) is 6.32. The molecule has 0 saturated heterocycles. The number of carbonyl (C=O) groups is 1. The van der Waals surface area contributed by atoms with E-state index in [1.807, 2.05) is 16.5 Å². The Balaban J connectivity index is 1.97. The van der Waals surface area contributed by atoms with E-state index in [4.69, 9.17) is 4.98 Å². The van der Waals surface area contributed by atoms with Gasteiger partial charge < -0.3 is 9.51 Å². The van der Waals surface area contributed by atoms with E-state index in [1.165, 1.54) is 16.7 Å². The Morgan fingerprint density at radius 2 is 1.75 bits per heavy atom. The van der Waals surface area contributed by atoms with Gasteiger partial charge >= 0.3 is 5.97 Å². The fourth-order valence-electron chi connectivity index (χ4n) is 3.82. The highest BCUT2D eigenvalue weighted by Crippen LogP contribution is 2.36. The molecule has 0 aliphatic rings. The quantitative estimate of drug-likeness (QED) is 0.513. The lowest BCUT2D eigenvalue weighted by atomic mass is 9.93. The van der Waals surface area contributed by atoms with E-state index in [0.29, 0.717) is 5.65 Å². The summed E-state index contributed by atoms with van der Waals surface area (Å²) in [5.74, 6) is -0.944. The first-order valence-corrected chi connectivity index (χ1v) is 9.41. The van der Waals surface area contributed by atoms with Crippen molar-refractivity contribution in [2.45, 2.75) is 27.2 Å². The van der Waals surface area contributed by atoms with Gasteiger partial charge in [-0.05, 0) is 49.1 Å². The van der Waals surface area contributed by atoms with Crippen LogP contribution < -0.4 is 0 Å². The Bertz CT molecular complexity index is 1200. The van der Waals surface area contributed by atoms with Crippen LogP contribution in [0.25, 0.3) is 28.0 Å². The molecule has 0 unspecified atom stereocenters. The minimum absolute atomic E-state index is 0.245. The molecule has 4 heteroatoms. The van der Waals surface area contributed by atoms with Crippen molar-refractivity contribution in [3.05, 3.63) is 83.2 Å². The molecule has 1 N–H and O–H groups in total. The molecule has 0 fully saturated rings. The average Bonchev–Trinajstić information content (AvgIpc) is 3.05. The fraction of sp³-hybridized carbons (Fsp3) is 0.167. The Labute approximate surface area is 164 Å². The van der Waals surface area contributed by atoms with Crippen LogP contribution in [0.1, 0.15) is 34.1 Å². The van der Waals surface area contributed by atoms with Crippen LogP contribution in [0.4, 0.5) is 0 Å². The van der Waals surface area contributed by atoms with Crippen molar-refractivity contribution in [2.24, 2.45) is 0 Å². The van der Waals surface area contributed by atoms with Crippen LogP contribution >= 0.6 is 0 Å². The number of aromatic carboxylic acids is 1. The summed E-state index contributed by atoms with van der Waals surface area (Å²) in [6, 6.07) is 18.0. The van der Waals surface area contributed by atoms with Crippen molar-refractivity contribution in [3.8, 4) is 22.4 Å². The number of carboxylic acid groups (broad SMARTS) is 1. The Morgan fingerprint density at radius 1 is 1.00 bits per heavy atom. The smallest absolute Gasteiger partial charge is 0.335 e. The largest absolute Gasteiger partial charge is 0.478 e. The van der Waals surface area contributed by atoms with Gasteiger partial charge in [0.15, 0.2) is 0 Å². The standard InChI is InChI=1S/C24H22N2O2/c1-4-21-23(25-22-14-17(24(27)28)11-12-26(21)22)20-8-6-5-7-19(20)18-10-9-15(2)13-16(18)3/h5-14H,4H2,1-3H3,(H,27,28). The summed E-state index contributed by atoms with van der Waals surface area (Å²) in [4.78, 5) is 16.2. The number of rotatable bonds is 4. The molecule has 0 saturated carbocycles. The molecule has 4 rings (SSSR count). The number of benzene rings is 2. The van der Waals surface area contributed by atoms with Gasteiger partial charge in [-0.2, -0.15) is 0 Å². The van der Waals surface area contributed by atoms with Crippen LogP contribution in [0.3, 0.4) is 0 Å². The number of fused-ring (bicyclic) bond motifs is 1. The van der Waals surface area contributed by atoms with Gasteiger partial charge in [0.05, 0.1) is 17.0 Å². The molecule has 28 heavy (non-hydrogen) atoms. The minimum atomic E-state index is -0.944. The molecule has 0 radical (unpaired) electrons. The molecule has 0 aliphatic carbocycles. The molecule has 140 valence electrons. The predicted octanol–water partition coefficient (Wildman–Crippen LogP) is 5.55. The summed E-state index contributed by atoms with van der Waals surface area (Å²) in [5.41, 5.74) is 8.72. The second-order valence-electron chi connectivity index (χ2n) is 7.07. The third-order valence-electron chi connectivity index (χ3n) is 5.16. The third-order valence-corrected chi connectivity index (χ3v) is 5.16. The van der Waals surface area contributed by atoms with E-state index < -0.39 is 5.97 Å². The molecule has 0 aliphatic heterocycles. The first-order chi connectivity index (χ1) is 13.5. The normalized spacial score (nSPS) is 11.1. The van der Waals surface area contributed by atoms with Gasteiger partial charge in [-0.1, -0.05) is 55.0 Å². The van der Waals surface area contributed by atoms with Gasteiger partial charge in [-0.3, -0.25) is 0 Å². The minimum Gasteiger partial charge on any atom is -0.478 e. The maximum Gasteiger partial charge on any atom is 0.335 e. The van der Waals surface area contributed by atoms with E-state index in [1.54, 1.807) is 18.3 Å². The lowest BCUT2D eigenvalue weighted by Gasteiger charge is -2.12. The topological polar surface area (TPSA) is 54.6 Å². The Kier molecular flexibility index (Phi) is 4.47. The first-order valence-electron chi connectivity index (χ1n) is 9.41. The lowest BCUT2D eigenvalue weighted by Crippen LogP contribution is -1.99. The summed E-state index contributed by atoms with van der Waals surface area (Å²) < 4.78 is 1.99. The number of hydrogen-bond donors (Lipinski definition) is 1. The maximum atomic E-state index is 11.3. The van der Waals surface area contributed by atoms with Gasteiger partial charge in [0.25, 0.3) is 0 Å². The van der Waals surface area contributed by atoms with Gasteiger partial charge in [-0.25, -0.2) is 9.78 Å². The van der Waals surface area contributed by atoms with Crippen LogP contribution in [0.15, 0.2) is 60.8 Å². The molecular weight excluding hydrogens is 348 g/mol. The highest BCUT2D eigenvalue weighted by molar-refractivity contribution is 5.89. The van der Waals surface area contributed by atoms with Crippen LogP contribution in [0, 0.1) is 13.8 Å². The van der Waals surface area contributed by atoms with E-state index >= 15 is 0 Å². The van der Waals surface area contributed by atoms with Crippen molar-refractivity contribution in [3.63, 3.8) is 0 Å². The lowest BCUT2D eigenvalue weighted by molar-refractivity contribution is 0.0697. The molecule has 0 spiro atoms. The zero-order valence-electron chi connectivity index (χ0n) is 16.2. The third kappa shape index (κ3) is 2.97. The first kappa shape index (κ1) is 18.0. The predicted molar refractivity (Wildman–Crippen MR) is 112 cm³/mol. The van der Waals surface area contributed by atoms with E-state index in [-0.39, 0.29) is 5.56 Å². The van der Waals surface area contributed by atoms with Crippen molar-refractivity contribution in [1.29, 1.82) is 0 Å². The average molecular weight is 370 g/mol. The summed E-state index contributed by atoms with van der Waals surface area (Å²) >= 11 is 0. The van der Waals surface area contributed by atoms with Crippen LogP contribution in [-0.4, -0.2) is 20.5 Å². The molecule has 0 amide bonds. The maximum absolute atomic E-state index is 11.3. The van der Waals surface area contributed by atoms with Crippen LogP contribution in [0.5, 0.6) is 0 Å². The van der Waals surface area contributed by atoms with Crippen LogP contribution in [0.2, 0.25) is 0 Å². The molecule has 4 nitrogen and oxygen atoms in total. The highest BCUT2D eigenvalue weighted by Gasteiger charge is 2.18. The Hall–Kier alpha value is -3.40. The van der Waals surface area contributed by atoms with E-state index in [0.717, 1.165) is 28.9 Å². The monoisotopic (exact) mass is 370 g/mol. The number of aromatic nitrogens is 2. The van der Waals surface area contributed by atoms with E-state index in [9.17, 15) is 9.90 Å². The number of pyridine rings is 1. The summed E-state index contributed by atoms with van der Waals surface area (Å²) in [5, 5.41) is 9.30. The molecule has 2 heterocycles. The van der Waals surface area contributed by atoms with Crippen molar-refractivity contribution >= 4 is 11.6 Å². The fourth-order valence-corrected chi connectivity index (χ4v) is 3.82. The highest BCUT2D eigenvalue weighted by atomic mass is 16.4. The van der Waals surface area contributed by atoms with Crippen molar-refractivity contribution < 1.29 is 9.90 Å². The van der Waals surface area contributed by atoms with Crippen molar-refractivity contribution in [2.75, 3.05) is 0 Å². The molecular formula is C24H22N2O2. The number of aryl methyl sites for hydroxylation is 3. The zero-order chi connectivity index (χ0) is 19.8. The Morgan fingerprint density at radius 3 is 2.43 bits per heavy atom. The summed E-state index contributed by atoms with van der Waals surface area (Å²) in [6.07, 6.45) is 2.60. The zero-order valence-corrected chi connectivity index (χ0v) is 16.2.